The topological polar surface area (TPSA) is 27.7 Å². The van der Waals surface area contributed by atoms with Gasteiger partial charge in [-0.1, -0.05) is 7.43 Å². The van der Waals surface area contributed by atoms with Gasteiger partial charge in [-0.25, -0.2) is 0 Å². The molecule has 3 nitrogen and oxygen atoms in total. The highest BCUT2D eigenvalue weighted by atomic mass is 28.4. The van der Waals surface area contributed by atoms with Crippen molar-refractivity contribution in [3.8, 4) is 0 Å². The van der Waals surface area contributed by atoms with Gasteiger partial charge in [0.15, 0.2) is 5.79 Å². The summed E-state index contributed by atoms with van der Waals surface area (Å²) in [4.78, 5) is 0. The van der Waals surface area contributed by atoms with Gasteiger partial charge in [-0.3, -0.25) is 0 Å². The summed E-state index contributed by atoms with van der Waals surface area (Å²) >= 11 is 0. The summed E-state index contributed by atoms with van der Waals surface area (Å²) in [6.07, 6.45) is 0. The Kier molecular flexibility index (Phi) is 7.74. The fraction of sp³-hybridized carbons (Fsp3) is 1.00. The van der Waals surface area contributed by atoms with Crippen molar-refractivity contribution in [3.63, 3.8) is 0 Å². The summed E-state index contributed by atoms with van der Waals surface area (Å²) < 4.78 is 16.8. The lowest BCUT2D eigenvalue weighted by atomic mass is 10.4. The molecule has 0 aliphatic rings. The van der Waals surface area contributed by atoms with E-state index in [2.05, 4.69) is 0 Å². The predicted octanol–water partition coefficient (Wildman–Crippen LogP) is 3.15. The minimum atomic E-state index is -2.00. The molecule has 0 rings (SSSR count). The number of hydrogen-bond acceptors (Lipinski definition) is 3. The lowest BCUT2D eigenvalue weighted by Crippen LogP contribution is -2.44. The van der Waals surface area contributed by atoms with Gasteiger partial charge in [-0.15, -0.1) is 0 Å². The molecule has 0 saturated carbocycles. The van der Waals surface area contributed by atoms with Gasteiger partial charge in [0.05, 0.1) is 0 Å². The fourth-order valence-corrected chi connectivity index (χ4v) is 3.34. The number of ether oxygens (including phenoxy) is 1. The zero-order valence-electron chi connectivity index (χ0n) is 9.64. The van der Waals surface area contributed by atoms with Crippen LogP contribution in [0.2, 0.25) is 13.1 Å². The van der Waals surface area contributed by atoms with Crippen molar-refractivity contribution in [2.24, 2.45) is 0 Å². The molecule has 88 valence electrons. The Morgan fingerprint density at radius 1 is 1.07 bits per heavy atom. The zero-order chi connectivity index (χ0) is 10.5. The maximum Gasteiger partial charge on any atom is 0.333 e. The van der Waals surface area contributed by atoms with Gasteiger partial charge in [-0.05, 0) is 40.8 Å². The van der Waals surface area contributed by atoms with Crippen molar-refractivity contribution >= 4 is 8.56 Å². The van der Waals surface area contributed by atoms with Gasteiger partial charge in [0, 0.05) is 13.2 Å². The summed E-state index contributed by atoms with van der Waals surface area (Å²) in [5.74, 6) is -0.528. The predicted molar refractivity (Wildman–Crippen MR) is 62.6 cm³/mol. The maximum atomic E-state index is 5.80. The third-order valence-corrected chi connectivity index (χ3v) is 3.44. The van der Waals surface area contributed by atoms with E-state index in [9.17, 15) is 0 Å². The minimum absolute atomic E-state index is 0. The largest absolute Gasteiger partial charge is 0.395 e. The average Bonchev–Trinajstić information content (AvgIpc) is 1.82. The first-order valence-corrected chi connectivity index (χ1v) is 7.62. The summed E-state index contributed by atoms with van der Waals surface area (Å²) in [6.45, 7) is 13.2. The maximum absolute atomic E-state index is 5.80. The van der Waals surface area contributed by atoms with Gasteiger partial charge < -0.3 is 13.6 Å². The smallest absolute Gasteiger partial charge is 0.333 e. The summed E-state index contributed by atoms with van der Waals surface area (Å²) in [6, 6.07) is 0. The van der Waals surface area contributed by atoms with Crippen molar-refractivity contribution in [3.05, 3.63) is 0 Å². The molecule has 0 aromatic rings. The molecule has 0 heterocycles. The first-order chi connectivity index (χ1) is 5.83. The Labute approximate surface area is 90.0 Å². The summed E-state index contributed by atoms with van der Waals surface area (Å²) in [5, 5.41) is 0. The van der Waals surface area contributed by atoms with Crippen LogP contribution in [-0.2, 0) is 13.6 Å². The van der Waals surface area contributed by atoms with E-state index in [1.807, 2.05) is 40.8 Å². The molecule has 0 amide bonds. The molecule has 0 radical (unpaired) electrons. The lowest BCUT2D eigenvalue weighted by Gasteiger charge is -2.33. The summed E-state index contributed by atoms with van der Waals surface area (Å²) in [7, 11) is -2.00. The Bertz CT molecular complexity index is 130. The highest BCUT2D eigenvalue weighted by molar-refractivity contribution is 6.64. The Balaban J connectivity index is 0. The second-order valence-corrected chi connectivity index (χ2v) is 7.06. The lowest BCUT2D eigenvalue weighted by molar-refractivity contribution is -0.168. The van der Waals surface area contributed by atoms with Crippen LogP contribution in [0.4, 0.5) is 0 Å². The average molecular weight is 222 g/mol. The highest BCUT2D eigenvalue weighted by Crippen LogP contribution is 2.19. The van der Waals surface area contributed by atoms with Crippen molar-refractivity contribution < 1.29 is 13.6 Å². The molecule has 0 N–H and O–H groups in total. The second kappa shape index (κ2) is 6.56. The Morgan fingerprint density at radius 2 is 1.57 bits per heavy atom. The van der Waals surface area contributed by atoms with Crippen LogP contribution in [0.3, 0.4) is 0 Å². The molecule has 4 heteroatoms. The molecule has 0 aromatic heterocycles. The quantitative estimate of drug-likeness (QED) is 0.510. The van der Waals surface area contributed by atoms with Crippen molar-refractivity contribution in [2.45, 2.75) is 54.0 Å². The van der Waals surface area contributed by atoms with E-state index >= 15 is 0 Å². The molecular weight excluding hydrogens is 196 g/mol. The van der Waals surface area contributed by atoms with Crippen LogP contribution in [0.25, 0.3) is 0 Å². The van der Waals surface area contributed by atoms with E-state index in [0.717, 1.165) is 0 Å². The van der Waals surface area contributed by atoms with E-state index in [1.165, 1.54) is 0 Å². The number of rotatable bonds is 6. The third-order valence-electron chi connectivity index (χ3n) is 1.48. The zero-order valence-corrected chi connectivity index (χ0v) is 10.6. The molecule has 14 heavy (non-hydrogen) atoms. The van der Waals surface area contributed by atoms with Gasteiger partial charge in [0.1, 0.15) is 0 Å². The SMILES string of the molecule is C.CCOC(C)(C)O[Si](C)(C)OCC. The molecule has 0 bridgehead atoms. The van der Waals surface area contributed by atoms with Crippen LogP contribution in [0.1, 0.15) is 35.1 Å². The molecule has 0 spiro atoms. The first-order valence-electron chi connectivity index (χ1n) is 4.81. The van der Waals surface area contributed by atoms with Crippen LogP contribution in [0, 0.1) is 0 Å². The van der Waals surface area contributed by atoms with Crippen molar-refractivity contribution in [1.29, 1.82) is 0 Å². The van der Waals surface area contributed by atoms with E-state index in [4.69, 9.17) is 13.6 Å². The Morgan fingerprint density at radius 3 is 1.93 bits per heavy atom. The molecule has 0 aliphatic carbocycles. The van der Waals surface area contributed by atoms with E-state index in [1.54, 1.807) is 0 Å². The van der Waals surface area contributed by atoms with E-state index in [-0.39, 0.29) is 7.43 Å². The van der Waals surface area contributed by atoms with Crippen molar-refractivity contribution in [2.75, 3.05) is 13.2 Å². The van der Waals surface area contributed by atoms with Gasteiger partial charge >= 0.3 is 8.56 Å². The standard InChI is InChI=1S/C9H22O3Si.CH4/c1-7-10-9(3,4)12-13(5,6)11-8-2;/h7-8H2,1-6H3;1H4. The molecule has 0 atom stereocenters. The first kappa shape index (κ1) is 16.5. The normalized spacial score (nSPS) is 12.4. The summed E-state index contributed by atoms with van der Waals surface area (Å²) in [5.41, 5.74) is 0. The molecule has 0 saturated heterocycles. The molecule has 0 unspecified atom stereocenters. The minimum Gasteiger partial charge on any atom is -0.395 e. The van der Waals surface area contributed by atoms with Crippen LogP contribution >= 0.6 is 0 Å². The monoisotopic (exact) mass is 222 g/mol. The number of hydrogen-bond donors (Lipinski definition) is 0. The molecule has 0 aromatic carbocycles. The van der Waals surface area contributed by atoms with Gasteiger partial charge in [-0.2, -0.15) is 0 Å². The van der Waals surface area contributed by atoms with Crippen LogP contribution in [-0.4, -0.2) is 27.6 Å². The van der Waals surface area contributed by atoms with Gasteiger partial charge in [0.25, 0.3) is 0 Å². The van der Waals surface area contributed by atoms with Crippen molar-refractivity contribution in [1.82, 2.24) is 0 Å². The van der Waals surface area contributed by atoms with Crippen LogP contribution < -0.4 is 0 Å². The molecule has 0 fully saturated rings. The third kappa shape index (κ3) is 7.50. The highest BCUT2D eigenvalue weighted by Gasteiger charge is 2.33. The Hall–Kier alpha value is 0.0969. The van der Waals surface area contributed by atoms with E-state index < -0.39 is 14.3 Å². The molecular formula is C10H26O3Si. The van der Waals surface area contributed by atoms with Crippen LogP contribution in [0.15, 0.2) is 0 Å². The fourth-order valence-electron chi connectivity index (χ4n) is 1.35. The van der Waals surface area contributed by atoms with Crippen LogP contribution in [0.5, 0.6) is 0 Å². The second-order valence-electron chi connectivity index (χ2n) is 3.77. The van der Waals surface area contributed by atoms with E-state index in [0.29, 0.717) is 13.2 Å². The molecule has 0 aliphatic heterocycles. The van der Waals surface area contributed by atoms with Gasteiger partial charge in [0.2, 0.25) is 0 Å².